The third kappa shape index (κ3) is 7.86. The molecular weight excluding hydrogens is 576 g/mol. The Kier molecular flexibility index (Phi) is 10.6. The number of primary sulfonamides is 1. The molecule has 0 bridgehead atoms. The molecule has 3 aromatic rings. The first-order valence-electron chi connectivity index (χ1n) is 13.6. The van der Waals surface area contributed by atoms with Crippen LogP contribution in [-0.2, 0) is 10.0 Å². The van der Waals surface area contributed by atoms with Crippen molar-refractivity contribution in [3.8, 4) is 0 Å². The molecular formula is C29H36N6O5S2. The SMILES string of the molecule is CN(C)CC[C@H](CSc1ccccc1)Nc1c(N2CCNCC2)cc(S(N)(=O)=O)c(C(=O)c2ccccc2)c1[N+](=O)[O-]. The number of hydrogen-bond acceptors (Lipinski definition) is 10. The summed E-state index contributed by atoms with van der Waals surface area (Å²) in [5.74, 6) is -0.209. The highest BCUT2D eigenvalue weighted by atomic mass is 32.2. The molecule has 1 atom stereocenters. The summed E-state index contributed by atoms with van der Waals surface area (Å²) in [5.41, 5.74) is -0.571. The molecule has 0 unspecified atom stereocenters. The normalized spacial score (nSPS) is 14.5. The predicted molar refractivity (Wildman–Crippen MR) is 167 cm³/mol. The van der Waals surface area contributed by atoms with Crippen LogP contribution in [0.5, 0.6) is 0 Å². The predicted octanol–water partition coefficient (Wildman–Crippen LogP) is 3.41. The number of ketones is 1. The molecule has 0 aliphatic carbocycles. The lowest BCUT2D eigenvalue weighted by Gasteiger charge is -2.33. The highest BCUT2D eigenvalue weighted by Gasteiger charge is 2.37. The standard InChI is InChI=1S/C29H36N6O5S2/c1-33(2)16-13-22(20-41-23-11-7-4-8-12-23)32-27-24(34-17-14-31-15-18-34)19-25(42(30,39)40)26(28(27)35(37)38)29(36)21-9-5-3-6-10-21/h3-12,19,22,31-32H,13-18,20H2,1-2H3,(H2,30,39,40)/t22-/m1/s1. The van der Waals surface area contributed by atoms with E-state index >= 15 is 0 Å². The zero-order valence-corrected chi connectivity index (χ0v) is 25.3. The zero-order valence-electron chi connectivity index (χ0n) is 23.7. The van der Waals surface area contributed by atoms with Gasteiger partial charge < -0.3 is 20.4 Å². The summed E-state index contributed by atoms with van der Waals surface area (Å²) in [6.45, 7) is 2.90. The van der Waals surface area contributed by atoms with Gasteiger partial charge in [-0.25, -0.2) is 13.6 Å². The number of carbonyl (C=O) groups is 1. The number of sulfonamides is 1. The Morgan fingerprint density at radius 1 is 1.12 bits per heavy atom. The minimum absolute atomic E-state index is 0.117. The van der Waals surface area contributed by atoms with E-state index in [9.17, 15) is 23.3 Å². The molecule has 0 saturated carbocycles. The van der Waals surface area contributed by atoms with Crippen LogP contribution in [0.2, 0.25) is 0 Å². The van der Waals surface area contributed by atoms with Crippen molar-refractivity contribution in [2.45, 2.75) is 22.3 Å². The average molecular weight is 613 g/mol. The minimum atomic E-state index is -4.52. The van der Waals surface area contributed by atoms with E-state index in [1.807, 2.05) is 54.2 Å². The second kappa shape index (κ2) is 14.1. The largest absolute Gasteiger partial charge is 0.374 e. The van der Waals surface area contributed by atoms with Crippen LogP contribution in [0, 0.1) is 10.1 Å². The van der Waals surface area contributed by atoms with Crippen LogP contribution in [-0.4, -0.2) is 82.6 Å². The fourth-order valence-corrected chi connectivity index (χ4v) is 6.56. The number of hydrogen-bond donors (Lipinski definition) is 3. The lowest BCUT2D eigenvalue weighted by atomic mass is 9.98. The van der Waals surface area contributed by atoms with E-state index in [2.05, 4.69) is 10.6 Å². The number of nitro groups is 1. The first kappa shape index (κ1) is 31.4. The Hall–Kier alpha value is -3.49. The summed E-state index contributed by atoms with van der Waals surface area (Å²) in [6.07, 6.45) is 0.643. The molecule has 0 aromatic heterocycles. The lowest BCUT2D eigenvalue weighted by Crippen LogP contribution is -2.44. The van der Waals surface area contributed by atoms with Gasteiger partial charge in [-0.2, -0.15) is 0 Å². The maximum atomic E-state index is 13.8. The molecule has 42 heavy (non-hydrogen) atoms. The molecule has 1 heterocycles. The molecule has 1 aliphatic rings. The number of nitrogens with one attached hydrogen (secondary N) is 2. The Morgan fingerprint density at radius 3 is 2.31 bits per heavy atom. The van der Waals surface area contributed by atoms with Gasteiger partial charge in [0.1, 0.15) is 16.1 Å². The lowest BCUT2D eigenvalue weighted by molar-refractivity contribution is -0.384. The van der Waals surface area contributed by atoms with E-state index in [1.165, 1.54) is 18.2 Å². The van der Waals surface area contributed by atoms with Crippen LogP contribution in [0.15, 0.2) is 76.5 Å². The Bertz CT molecular complexity index is 1500. The number of benzene rings is 3. The summed E-state index contributed by atoms with van der Waals surface area (Å²) in [5, 5.41) is 25.1. The first-order chi connectivity index (χ1) is 20.1. The van der Waals surface area contributed by atoms with Crippen molar-refractivity contribution in [1.29, 1.82) is 0 Å². The maximum absolute atomic E-state index is 13.8. The van der Waals surface area contributed by atoms with Crippen molar-refractivity contribution in [3.05, 3.63) is 88.0 Å². The number of nitrogens with zero attached hydrogens (tertiary/aromatic N) is 3. The van der Waals surface area contributed by atoms with Crippen molar-refractivity contribution in [3.63, 3.8) is 0 Å². The third-order valence-electron chi connectivity index (χ3n) is 6.92. The Morgan fingerprint density at radius 2 is 1.74 bits per heavy atom. The van der Waals surface area contributed by atoms with Gasteiger partial charge in [0.25, 0.3) is 0 Å². The Labute approximate surface area is 250 Å². The number of carbonyl (C=O) groups excluding carboxylic acids is 1. The quantitative estimate of drug-likeness (QED) is 0.113. The fraction of sp³-hybridized carbons (Fsp3) is 0.345. The van der Waals surface area contributed by atoms with Crippen molar-refractivity contribution in [2.75, 3.05) is 62.8 Å². The molecule has 1 aliphatic heterocycles. The monoisotopic (exact) mass is 612 g/mol. The molecule has 0 amide bonds. The van der Waals surface area contributed by atoms with Crippen molar-refractivity contribution in [2.24, 2.45) is 5.14 Å². The Balaban J connectivity index is 1.91. The molecule has 1 saturated heterocycles. The van der Waals surface area contributed by atoms with Gasteiger partial charge >= 0.3 is 5.69 Å². The van der Waals surface area contributed by atoms with Crippen molar-refractivity contribution >= 4 is 44.6 Å². The highest BCUT2D eigenvalue weighted by molar-refractivity contribution is 7.99. The van der Waals surface area contributed by atoms with Crippen molar-refractivity contribution in [1.82, 2.24) is 10.2 Å². The smallest absolute Gasteiger partial charge is 0.306 e. The second-order valence-corrected chi connectivity index (χ2v) is 12.9. The van der Waals surface area contributed by atoms with Gasteiger partial charge in [-0.3, -0.25) is 14.9 Å². The number of thioether (sulfide) groups is 1. The van der Waals surface area contributed by atoms with Gasteiger partial charge in [-0.15, -0.1) is 11.8 Å². The summed E-state index contributed by atoms with van der Waals surface area (Å²) < 4.78 is 25.8. The first-order valence-corrected chi connectivity index (χ1v) is 16.1. The molecule has 13 heteroatoms. The summed E-state index contributed by atoms with van der Waals surface area (Å²) >= 11 is 1.61. The number of nitro benzene ring substituents is 1. The van der Waals surface area contributed by atoms with Gasteiger partial charge in [0.05, 0.1) is 10.6 Å². The number of anilines is 2. The average Bonchev–Trinajstić information content (AvgIpc) is 2.98. The summed E-state index contributed by atoms with van der Waals surface area (Å²) in [7, 11) is -0.619. The van der Waals surface area contributed by atoms with E-state index in [1.54, 1.807) is 30.0 Å². The molecule has 3 aromatic carbocycles. The van der Waals surface area contributed by atoms with Crippen LogP contribution >= 0.6 is 11.8 Å². The number of piperazine rings is 1. The molecule has 4 N–H and O–H groups in total. The summed E-state index contributed by atoms with van der Waals surface area (Å²) in [4.78, 5) is 30.4. The van der Waals surface area contributed by atoms with Gasteiger partial charge in [0.2, 0.25) is 15.8 Å². The zero-order chi connectivity index (χ0) is 30.3. The maximum Gasteiger partial charge on any atom is 0.306 e. The molecule has 0 spiro atoms. The number of nitrogens with two attached hydrogens (primary N) is 1. The van der Waals surface area contributed by atoms with Gasteiger partial charge in [-0.05, 0) is 45.3 Å². The minimum Gasteiger partial charge on any atom is -0.374 e. The fourth-order valence-electron chi connectivity index (χ4n) is 4.82. The van der Waals surface area contributed by atoms with E-state index in [-0.39, 0.29) is 17.3 Å². The van der Waals surface area contributed by atoms with Crippen LogP contribution in [0.1, 0.15) is 22.3 Å². The topological polar surface area (TPSA) is 151 Å². The van der Waals surface area contributed by atoms with E-state index < -0.39 is 36.9 Å². The highest BCUT2D eigenvalue weighted by Crippen LogP contribution is 2.43. The second-order valence-electron chi connectivity index (χ2n) is 10.3. The summed E-state index contributed by atoms with van der Waals surface area (Å²) in [6, 6.07) is 18.8. The van der Waals surface area contributed by atoms with Crippen LogP contribution in [0.4, 0.5) is 17.1 Å². The van der Waals surface area contributed by atoms with E-state index in [0.717, 1.165) is 4.90 Å². The van der Waals surface area contributed by atoms with Crippen molar-refractivity contribution < 1.29 is 18.1 Å². The molecule has 1 fully saturated rings. The van der Waals surface area contributed by atoms with Crippen LogP contribution in [0.3, 0.4) is 0 Å². The van der Waals surface area contributed by atoms with Gasteiger partial charge in [0, 0.05) is 48.4 Å². The van der Waals surface area contributed by atoms with Gasteiger partial charge in [-0.1, -0.05) is 48.5 Å². The third-order valence-corrected chi connectivity index (χ3v) is 9.03. The molecule has 224 valence electrons. The number of rotatable bonds is 13. The molecule has 0 radical (unpaired) electrons. The van der Waals surface area contributed by atoms with E-state index in [4.69, 9.17) is 5.14 Å². The molecule has 11 nitrogen and oxygen atoms in total. The molecule has 4 rings (SSSR count). The van der Waals surface area contributed by atoms with Crippen LogP contribution < -0.4 is 20.7 Å². The van der Waals surface area contributed by atoms with E-state index in [0.29, 0.717) is 50.6 Å². The van der Waals surface area contributed by atoms with Gasteiger partial charge in [0.15, 0.2) is 0 Å². The van der Waals surface area contributed by atoms with Crippen LogP contribution in [0.25, 0.3) is 0 Å².